The normalized spacial score (nSPS) is 10.5. The van der Waals surface area contributed by atoms with E-state index < -0.39 is 0 Å². The zero-order chi connectivity index (χ0) is 10.7. The Hall–Kier alpha value is -1.40. The second-order valence-electron chi connectivity index (χ2n) is 2.90. The fraction of sp³-hybridized carbons (Fsp3) is 0.222. The van der Waals surface area contributed by atoms with Gasteiger partial charge in [-0.05, 0) is 29.5 Å². The first-order valence-electron chi connectivity index (χ1n) is 4.41. The van der Waals surface area contributed by atoms with Gasteiger partial charge in [0.1, 0.15) is 5.03 Å². The van der Waals surface area contributed by atoms with Crippen LogP contribution in [0.4, 0.5) is 0 Å². The summed E-state index contributed by atoms with van der Waals surface area (Å²) in [5.41, 5.74) is 6.56. The van der Waals surface area contributed by atoms with Crippen LogP contribution in [0.15, 0.2) is 33.0 Å². The van der Waals surface area contributed by atoms with E-state index in [0.717, 1.165) is 10.6 Å². The van der Waals surface area contributed by atoms with Gasteiger partial charge in [0.2, 0.25) is 5.89 Å². The summed E-state index contributed by atoms with van der Waals surface area (Å²) in [7, 11) is 0. The zero-order valence-corrected chi connectivity index (χ0v) is 8.99. The minimum absolute atomic E-state index is 0.495. The Morgan fingerprint density at radius 2 is 2.33 bits per heavy atom. The third-order valence-electron chi connectivity index (χ3n) is 1.73. The van der Waals surface area contributed by atoms with Crippen LogP contribution in [-0.4, -0.2) is 15.2 Å². The van der Waals surface area contributed by atoms with Crippen molar-refractivity contribution in [2.75, 3.05) is 0 Å². The Bertz CT molecular complexity index is 457. The van der Waals surface area contributed by atoms with Crippen molar-refractivity contribution >= 4 is 11.8 Å². The lowest BCUT2D eigenvalue weighted by Gasteiger charge is -1.98. The molecule has 0 aliphatic heterocycles. The van der Waals surface area contributed by atoms with Gasteiger partial charge >= 0.3 is 0 Å². The summed E-state index contributed by atoms with van der Waals surface area (Å²) in [4.78, 5) is 4.17. The van der Waals surface area contributed by atoms with E-state index in [9.17, 15) is 0 Å². The summed E-state index contributed by atoms with van der Waals surface area (Å²) < 4.78 is 5.23. The monoisotopic (exact) mass is 222 g/mol. The summed E-state index contributed by atoms with van der Waals surface area (Å²) in [6.45, 7) is 2.25. The fourth-order valence-corrected chi connectivity index (χ4v) is 1.79. The van der Waals surface area contributed by atoms with Crippen LogP contribution in [0.2, 0.25) is 0 Å². The molecule has 6 heteroatoms. The molecule has 0 atom stereocenters. The lowest BCUT2D eigenvalue weighted by atomic mass is 10.3. The molecule has 0 saturated carbocycles. The number of aromatic nitrogens is 3. The fourth-order valence-electron chi connectivity index (χ4n) is 1.04. The number of pyridine rings is 1. The summed E-state index contributed by atoms with van der Waals surface area (Å²) >= 11 is 1.33. The molecule has 0 fully saturated rings. The van der Waals surface area contributed by atoms with Crippen LogP contribution in [0.3, 0.4) is 0 Å². The van der Waals surface area contributed by atoms with Gasteiger partial charge in [0.15, 0.2) is 0 Å². The molecule has 0 spiro atoms. The van der Waals surface area contributed by atoms with Crippen molar-refractivity contribution in [3.05, 3.63) is 29.8 Å². The van der Waals surface area contributed by atoms with Crippen molar-refractivity contribution < 1.29 is 4.42 Å². The van der Waals surface area contributed by atoms with Crippen molar-refractivity contribution in [2.24, 2.45) is 5.73 Å². The van der Waals surface area contributed by atoms with Gasteiger partial charge in [0, 0.05) is 19.7 Å². The molecular formula is C9H10N4OS. The molecule has 0 unspecified atom stereocenters. The first-order valence-corrected chi connectivity index (χ1v) is 5.22. The lowest BCUT2D eigenvalue weighted by Crippen LogP contribution is -1.96. The number of rotatable bonds is 3. The summed E-state index contributed by atoms with van der Waals surface area (Å²) in [6, 6.07) is 3.79. The maximum Gasteiger partial charge on any atom is 0.282 e. The molecule has 2 rings (SSSR count). The first kappa shape index (κ1) is 10.1. The predicted octanol–water partition coefficient (Wildman–Crippen LogP) is 1.38. The second kappa shape index (κ2) is 4.41. The molecule has 78 valence electrons. The third-order valence-corrected chi connectivity index (χ3v) is 2.51. The number of aryl methyl sites for hydroxylation is 1. The molecule has 0 bridgehead atoms. The highest BCUT2D eigenvalue weighted by Crippen LogP contribution is 2.24. The third kappa shape index (κ3) is 2.54. The van der Waals surface area contributed by atoms with Gasteiger partial charge in [0.05, 0.1) is 0 Å². The van der Waals surface area contributed by atoms with Crippen LogP contribution in [-0.2, 0) is 6.54 Å². The maximum absolute atomic E-state index is 5.53. The zero-order valence-electron chi connectivity index (χ0n) is 8.17. The Morgan fingerprint density at radius 1 is 1.47 bits per heavy atom. The molecule has 0 aliphatic carbocycles. The largest absolute Gasteiger partial charge is 0.416 e. The number of nitrogens with zero attached hydrogens (tertiary/aromatic N) is 3. The van der Waals surface area contributed by atoms with Gasteiger partial charge in [-0.1, -0.05) is 0 Å². The topological polar surface area (TPSA) is 77.8 Å². The molecule has 2 N–H and O–H groups in total. The maximum atomic E-state index is 5.53. The molecule has 0 amide bonds. The van der Waals surface area contributed by atoms with Gasteiger partial charge < -0.3 is 10.2 Å². The smallest absolute Gasteiger partial charge is 0.282 e. The average molecular weight is 222 g/mol. The van der Waals surface area contributed by atoms with Gasteiger partial charge in [-0.25, -0.2) is 4.98 Å². The standard InChI is InChI=1S/C9H10N4OS/c1-6-12-13-9(14-6)15-8-4-7(5-10)2-3-11-8/h2-4H,5,10H2,1H3. The van der Waals surface area contributed by atoms with E-state index in [1.54, 1.807) is 13.1 Å². The quantitative estimate of drug-likeness (QED) is 0.845. The Balaban J connectivity index is 2.16. The van der Waals surface area contributed by atoms with Crippen LogP contribution in [0.5, 0.6) is 0 Å². The molecular weight excluding hydrogens is 212 g/mol. The molecule has 2 aromatic rings. The summed E-state index contributed by atoms with van der Waals surface area (Å²) in [6.07, 6.45) is 1.72. The van der Waals surface area contributed by atoms with E-state index in [4.69, 9.17) is 10.2 Å². The van der Waals surface area contributed by atoms with Crippen LogP contribution in [0, 0.1) is 6.92 Å². The van der Waals surface area contributed by atoms with Crippen LogP contribution in [0.1, 0.15) is 11.5 Å². The lowest BCUT2D eigenvalue weighted by molar-refractivity contribution is 0.429. The van der Waals surface area contributed by atoms with E-state index in [2.05, 4.69) is 15.2 Å². The van der Waals surface area contributed by atoms with Crippen molar-refractivity contribution in [2.45, 2.75) is 23.7 Å². The molecule has 2 aromatic heterocycles. The first-order chi connectivity index (χ1) is 7.28. The molecule has 5 nitrogen and oxygen atoms in total. The van der Waals surface area contributed by atoms with Gasteiger partial charge in [0.25, 0.3) is 5.22 Å². The number of hydrogen-bond donors (Lipinski definition) is 1. The average Bonchev–Trinajstić information content (AvgIpc) is 2.64. The van der Waals surface area contributed by atoms with Crippen LogP contribution >= 0.6 is 11.8 Å². The van der Waals surface area contributed by atoms with E-state index in [-0.39, 0.29) is 0 Å². The van der Waals surface area contributed by atoms with E-state index in [1.807, 2.05) is 12.1 Å². The van der Waals surface area contributed by atoms with Crippen LogP contribution in [0.25, 0.3) is 0 Å². The number of hydrogen-bond acceptors (Lipinski definition) is 6. The van der Waals surface area contributed by atoms with Crippen LogP contribution < -0.4 is 5.73 Å². The van der Waals surface area contributed by atoms with E-state index in [1.165, 1.54) is 11.8 Å². The van der Waals surface area contributed by atoms with Gasteiger partial charge in [-0.15, -0.1) is 10.2 Å². The summed E-state index contributed by atoms with van der Waals surface area (Å²) in [5.74, 6) is 0.549. The highest BCUT2D eigenvalue weighted by molar-refractivity contribution is 7.99. The molecule has 0 radical (unpaired) electrons. The minimum atomic E-state index is 0.495. The van der Waals surface area contributed by atoms with Gasteiger partial charge in [-0.2, -0.15) is 0 Å². The molecule has 2 heterocycles. The van der Waals surface area contributed by atoms with E-state index in [0.29, 0.717) is 17.7 Å². The minimum Gasteiger partial charge on any atom is -0.416 e. The predicted molar refractivity (Wildman–Crippen MR) is 55.3 cm³/mol. The van der Waals surface area contributed by atoms with E-state index >= 15 is 0 Å². The van der Waals surface area contributed by atoms with Crippen molar-refractivity contribution in [3.8, 4) is 0 Å². The Labute approximate surface area is 91.1 Å². The van der Waals surface area contributed by atoms with Crippen molar-refractivity contribution in [1.29, 1.82) is 0 Å². The van der Waals surface area contributed by atoms with Crippen molar-refractivity contribution in [1.82, 2.24) is 15.2 Å². The SMILES string of the molecule is Cc1nnc(Sc2cc(CN)ccn2)o1. The second-order valence-corrected chi connectivity index (χ2v) is 3.87. The Kier molecular flexibility index (Phi) is 2.98. The molecule has 0 aliphatic rings. The van der Waals surface area contributed by atoms with Gasteiger partial charge in [-0.3, -0.25) is 0 Å². The highest BCUT2D eigenvalue weighted by atomic mass is 32.2. The molecule has 0 saturated heterocycles. The molecule has 0 aromatic carbocycles. The summed E-state index contributed by atoms with van der Waals surface area (Å²) in [5, 5.41) is 8.91. The molecule has 15 heavy (non-hydrogen) atoms. The Morgan fingerprint density at radius 3 is 3.00 bits per heavy atom. The highest BCUT2D eigenvalue weighted by Gasteiger charge is 2.06. The number of nitrogens with two attached hydrogens (primary N) is 1. The van der Waals surface area contributed by atoms with Crippen molar-refractivity contribution in [3.63, 3.8) is 0 Å².